The fourth-order valence-electron chi connectivity index (χ4n) is 2.55. The molecule has 1 aliphatic heterocycles. The summed E-state index contributed by atoms with van der Waals surface area (Å²) in [6.45, 7) is 6.56. The fourth-order valence-corrected chi connectivity index (χ4v) is 2.55. The number of rotatable bonds is 1. The highest BCUT2D eigenvalue weighted by Crippen LogP contribution is 2.36. The normalized spacial score (nSPS) is 17.8. The van der Waals surface area contributed by atoms with E-state index in [-0.39, 0.29) is 17.5 Å². The van der Waals surface area contributed by atoms with Crippen LogP contribution in [0, 0.1) is 0 Å². The molecule has 2 aromatic carbocycles. The number of carbonyl (C=O) groups is 1. The third kappa shape index (κ3) is 2.11. The highest BCUT2D eigenvalue weighted by Gasteiger charge is 2.31. The molecule has 0 aliphatic carbocycles. The van der Waals surface area contributed by atoms with Crippen molar-refractivity contribution in [3.8, 4) is 0 Å². The average Bonchev–Trinajstić information content (AvgIpc) is 2.76. The SMILES string of the molecule is CC(C)(C)c1ccc(C2OC(=O)c3ccccc32)cc1. The van der Waals surface area contributed by atoms with Crippen LogP contribution >= 0.6 is 0 Å². The molecule has 0 bridgehead atoms. The average molecular weight is 266 g/mol. The number of fused-ring (bicyclic) bond motifs is 1. The summed E-state index contributed by atoms with van der Waals surface area (Å²) in [5, 5.41) is 0. The van der Waals surface area contributed by atoms with E-state index in [1.165, 1.54) is 5.56 Å². The van der Waals surface area contributed by atoms with Crippen LogP contribution in [0.15, 0.2) is 48.5 Å². The van der Waals surface area contributed by atoms with Gasteiger partial charge in [-0.3, -0.25) is 0 Å². The molecule has 1 aliphatic rings. The summed E-state index contributed by atoms with van der Waals surface area (Å²) < 4.78 is 5.50. The molecular weight excluding hydrogens is 248 g/mol. The Morgan fingerprint density at radius 2 is 1.60 bits per heavy atom. The second-order valence-electron chi connectivity index (χ2n) is 6.24. The molecule has 1 atom stereocenters. The summed E-state index contributed by atoms with van der Waals surface area (Å²) in [6.07, 6.45) is -0.271. The van der Waals surface area contributed by atoms with E-state index >= 15 is 0 Å². The first-order chi connectivity index (χ1) is 9.47. The zero-order chi connectivity index (χ0) is 14.3. The first-order valence-corrected chi connectivity index (χ1v) is 6.87. The van der Waals surface area contributed by atoms with Crippen molar-refractivity contribution in [3.63, 3.8) is 0 Å². The molecular formula is C18H18O2. The van der Waals surface area contributed by atoms with Crippen LogP contribution in [0.4, 0.5) is 0 Å². The molecule has 2 nitrogen and oxygen atoms in total. The summed E-state index contributed by atoms with van der Waals surface area (Å²) in [5.41, 5.74) is 4.07. The molecule has 0 N–H and O–H groups in total. The summed E-state index contributed by atoms with van der Waals surface area (Å²) in [7, 11) is 0. The minimum absolute atomic E-state index is 0.128. The largest absolute Gasteiger partial charge is 0.449 e. The van der Waals surface area contributed by atoms with Gasteiger partial charge in [0.15, 0.2) is 6.10 Å². The first kappa shape index (κ1) is 12.9. The Morgan fingerprint density at radius 3 is 2.25 bits per heavy atom. The van der Waals surface area contributed by atoms with Crippen molar-refractivity contribution in [1.82, 2.24) is 0 Å². The number of hydrogen-bond donors (Lipinski definition) is 0. The highest BCUT2D eigenvalue weighted by molar-refractivity contribution is 5.94. The van der Waals surface area contributed by atoms with Crippen molar-refractivity contribution in [3.05, 3.63) is 70.8 Å². The minimum atomic E-state index is -0.271. The Kier molecular flexibility index (Phi) is 2.89. The van der Waals surface area contributed by atoms with Crippen LogP contribution in [0.5, 0.6) is 0 Å². The molecule has 1 heterocycles. The summed E-state index contributed by atoms with van der Waals surface area (Å²) in [6, 6.07) is 15.9. The van der Waals surface area contributed by atoms with E-state index in [0.717, 1.165) is 11.1 Å². The number of carbonyl (C=O) groups excluding carboxylic acids is 1. The molecule has 0 saturated carbocycles. The van der Waals surface area contributed by atoms with Crippen molar-refractivity contribution in [2.24, 2.45) is 0 Å². The lowest BCUT2D eigenvalue weighted by atomic mass is 9.86. The van der Waals surface area contributed by atoms with Crippen molar-refractivity contribution in [2.75, 3.05) is 0 Å². The lowest BCUT2D eigenvalue weighted by molar-refractivity contribution is 0.0456. The van der Waals surface area contributed by atoms with Gasteiger partial charge in [0.05, 0.1) is 5.56 Å². The summed E-state index contributed by atoms with van der Waals surface area (Å²) in [4.78, 5) is 11.9. The molecule has 0 aromatic heterocycles. The van der Waals surface area contributed by atoms with Gasteiger partial charge in [-0.2, -0.15) is 0 Å². The monoisotopic (exact) mass is 266 g/mol. The second kappa shape index (κ2) is 4.48. The van der Waals surface area contributed by atoms with Gasteiger partial charge in [-0.25, -0.2) is 4.79 Å². The van der Waals surface area contributed by atoms with Gasteiger partial charge in [0.25, 0.3) is 0 Å². The number of hydrogen-bond acceptors (Lipinski definition) is 2. The molecule has 3 rings (SSSR count). The molecule has 2 aromatic rings. The maximum atomic E-state index is 11.9. The van der Waals surface area contributed by atoms with Crippen LogP contribution < -0.4 is 0 Å². The highest BCUT2D eigenvalue weighted by atomic mass is 16.5. The molecule has 0 radical (unpaired) electrons. The molecule has 0 amide bonds. The van der Waals surface area contributed by atoms with Gasteiger partial charge in [-0.05, 0) is 22.6 Å². The van der Waals surface area contributed by atoms with Crippen LogP contribution in [-0.2, 0) is 10.2 Å². The topological polar surface area (TPSA) is 26.3 Å². The van der Waals surface area contributed by atoms with Gasteiger partial charge in [-0.1, -0.05) is 63.2 Å². The van der Waals surface area contributed by atoms with Crippen molar-refractivity contribution in [1.29, 1.82) is 0 Å². The van der Waals surface area contributed by atoms with Crippen molar-refractivity contribution < 1.29 is 9.53 Å². The van der Waals surface area contributed by atoms with Crippen LogP contribution in [0.2, 0.25) is 0 Å². The van der Waals surface area contributed by atoms with E-state index in [4.69, 9.17) is 4.74 Å². The fraction of sp³-hybridized carbons (Fsp3) is 0.278. The number of cyclic esters (lactones) is 1. The van der Waals surface area contributed by atoms with E-state index in [1.54, 1.807) is 0 Å². The second-order valence-corrected chi connectivity index (χ2v) is 6.24. The van der Waals surface area contributed by atoms with E-state index < -0.39 is 0 Å². The molecule has 1 unspecified atom stereocenters. The lowest BCUT2D eigenvalue weighted by Crippen LogP contribution is -2.11. The van der Waals surface area contributed by atoms with Gasteiger partial charge in [-0.15, -0.1) is 0 Å². The predicted octanol–water partition coefficient (Wildman–Crippen LogP) is 4.24. The zero-order valence-corrected chi connectivity index (χ0v) is 12.0. The molecule has 102 valence electrons. The predicted molar refractivity (Wildman–Crippen MR) is 78.8 cm³/mol. The Balaban J connectivity index is 1.97. The summed E-state index contributed by atoms with van der Waals surface area (Å²) in [5.74, 6) is -0.231. The van der Waals surface area contributed by atoms with E-state index in [0.29, 0.717) is 5.56 Å². The standard InChI is InChI=1S/C18H18O2/c1-18(2,3)13-10-8-12(9-11-13)16-14-6-4-5-7-15(14)17(19)20-16/h4-11,16H,1-3H3. The van der Waals surface area contributed by atoms with Crippen LogP contribution in [-0.4, -0.2) is 5.97 Å². The maximum Gasteiger partial charge on any atom is 0.339 e. The van der Waals surface area contributed by atoms with Gasteiger partial charge in [0, 0.05) is 5.56 Å². The Labute approximate surface area is 119 Å². The quantitative estimate of drug-likeness (QED) is 0.721. The molecule has 0 saturated heterocycles. The Morgan fingerprint density at radius 1 is 0.950 bits per heavy atom. The van der Waals surface area contributed by atoms with Crippen LogP contribution in [0.3, 0.4) is 0 Å². The molecule has 20 heavy (non-hydrogen) atoms. The van der Waals surface area contributed by atoms with Gasteiger partial charge < -0.3 is 4.74 Å². The van der Waals surface area contributed by atoms with Gasteiger partial charge >= 0.3 is 5.97 Å². The Bertz CT molecular complexity index is 648. The third-order valence-corrected chi connectivity index (χ3v) is 3.77. The van der Waals surface area contributed by atoms with Crippen LogP contribution in [0.1, 0.15) is 53.9 Å². The maximum absolute atomic E-state index is 11.9. The van der Waals surface area contributed by atoms with E-state index in [1.807, 2.05) is 24.3 Å². The minimum Gasteiger partial charge on any atom is -0.449 e. The van der Waals surface area contributed by atoms with Gasteiger partial charge in [0.2, 0.25) is 0 Å². The molecule has 2 heteroatoms. The van der Waals surface area contributed by atoms with Crippen LogP contribution in [0.25, 0.3) is 0 Å². The van der Waals surface area contributed by atoms with E-state index in [2.05, 4.69) is 45.0 Å². The Hall–Kier alpha value is -2.09. The number of ether oxygens (including phenoxy) is 1. The molecule has 0 spiro atoms. The molecule has 0 fully saturated rings. The number of esters is 1. The van der Waals surface area contributed by atoms with Crippen molar-refractivity contribution >= 4 is 5.97 Å². The van der Waals surface area contributed by atoms with Gasteiger partial charge in [0.1, 0.15) is 0 Å². The van der Waals surface area contributed by atoms with Crippen molar-refractivity contribution in [2.45, 2.75) is 32.3 Å². The number of benzene rings is 2. The smallest absolute Gasteiger partial charge is 0.339 e. The zero-order valence-electron chi connectivity index (χ0n) is 12.0. The third-order valence-electron chi connectivity index (χ3n) is 3.77. The summed E-state index contributed by atoms with van der Waals surface area (Å²) >= 11 is 0. The lowest BCUT2D eigenvalue weighted by Gasteiger charge is -2.20. The van der Waals surface area contributed by atoms with E-state index in [9.17, 15) is 4.79 Å². The first-order valence-electron chi connectivity index (χ1n) is 6.87.